The Hall–Kier alpha value is -0.0800. The van der Waals surface area contributed by atoms with E-state index < -0.39 is 0 Å². The van der Waals surface area contributed by atoms with Crippen LogP contribution in [0, 0.1) is 11.3 Å². The van der Waals surface area contributed by atoms with E-state index in [1.54, 1.807) is 0 Å². The lowest BCUT2D eigenvalue weighted by atomic mass is 9.71. The highest BCUT2D eigenvalue weighted by atomic mass is 15.3. The van der Waals surface area contributed by atoms with Crippen LogP contribution in [0.25, 0.3) is 0 Å². The van der Waals surface area contributed by atoms with E-state index in [1.807, 2.05) is 0 Å². The van der Waals surface area contributed by atoms with E-state index in [0.717, 1.165) is 12.0 Å². The maximum Gasteiger partial charge on any atom is 0.0113 e. The summed E-state index contributed by atoms with van der Waals surface area (Å²) in [6, 6.07) is 0.891. The van der Waals surface area contributed by atoms with Crippen LogP contribution in [0.5, 0.6) is 0 Å². The summed E-state index contributed by atoms with van der Waals surface area (Å²) in [5, 5.41) is 0. The van der Waals surface area contributed by atoms with Crippen LogP contribution in [0.2, 0.25) is 0 Å². The first-order chi connectivity index (χ1) is 8.50. The second kappa shape index (κ2) is 5.92. The van der Waals surface area contributed by atoms with Crippen LogP contribution >= 0.6 is 0 Å². The highest BCUT2D eigenvalue weighted by Crippen LogP contribution is 2.39. The molecule has 0 bridgehead atoms. The van der Waals surface area contributed by atoms with Gasteiger partial charge in [0.25, 0.3) is 0 Å². The van der Waals surface area contributed by atoms with E-state index >= 15 is 0 Å². The smallest absolute Gasteiger partial charge is 0.0113 e. The zero-order chi connectivity index (χ0) is 13.2. The van der Waals surface area contributed by atoms with Crippen LogP contribution in [0.3, 0.4) is 0 Å². The first-order valence-electron chi connectivity index (χ1n) is 7.97. The number of piperazine rings is 1. The van der Waals surface area contributed by atoms with Crippen molar-refractivity contribution in [3.05, 3.63) is 0 Å². The number of nitrogens with zero attached hydrogens (tertiary/aromatic N) is 2. The highest BCUT2D eigenvalue weighted by molar-refractivity contribution is 4.86. The van der Waals surface area contributed by atoms with Crippen LogP contribution < -0.4 is 0 Å². The molecule has 106 valence electrons. The number of hydrogen-bond donors (Lipinski definition) is 0. The summed E-state index contributed by atoms with van der Waals surface area (Å²) < 4.78 is 0. The molecule has 0 spiro atoms. The summed E-state index contributed by atoms with van der Waals surface area (Å²) in [6.07, 6.45) is 5.77. The first kappa shape index (κ1) is 14.3. The number of hydrogen-bond acceptors (Lipinski definition) is 2. The molecule has 2 rings (SSSR count). The Balaban J connectivity index is 1.77. The molecular formula is C16H32N2. The lowest BCUT2D eigenvalue weighted by molar-refractivity contribution is 0.0560. The molecule has 1 aliphatic carbocycles. The second-order valence-electron chi connectivity index (χ2n) is 7.34. The van der Waals surface area contributed by atoms with Crippen LogP contribution in [0.15, 0.2) is 0 Å². The Morgan fingerprint density at radius 1 is 0.889 bits per heavy atom. The standard InChI is InChI=1S/C16H32N2/c1-5-17-10-12-18(13-11-17)15-8-6-14(7-9-15)16(2,3)4/h14-15H,5-13H2,1-4H3. The monoisotopic (exact) mass is 252 g/mol. The summed E-state index contributed by atoms with van der Waals surface area (Å²) in [5.41, 5.74) is 0.520. The summed E-state index contributed by atoms with van der Waals surface area (Å²) >= 11 is 0. The molecule has 18 heavy (non-hydrogen) atoms. The van der Waals surface area contributed by atoms with Gasteiger partial charge in [-0.25, -0.2) is 0 Å². The van der Waals surface area contributed by atoms with Crippen molar-refractivity contribution in [3.8, 4) is 0 Å². The number of likely N-dealkylation sites (N-methyl/N-ethyl adjacent to an activating group) is 1. The molecule has 2 nitrogen and oxygen atoms in total. The molecule has 2 heteroatoms. The average Bonchev–Trinajstić information content (AvgIpc) is 2.38. The summed E-state index contributed by atoms with van der Waals surface area (Å²) in [7, 11) is 0. The fourth-order valence-electron chi connectivity index (χ4n) is 3.75. The molecular weight excluding hydrogens is 220 g/mol. The molecule has 0 amide bonds. The zero-order valence-corrected chi connectivity index (χ0v) is 12.9. The van der Waals surface area contributed by atoms with E-state index in [0.29, 0.717) is 5.41 Å². The summed E-state index contributed by atoms with van der Waals surface area (Å²) in [4.78, 5) is 5.35. The van der Waals surface area contributed by atoms with Gasteiger partial charge in [-0.3, -0.25) is 4.90 Å². The molecule has 1 saturated heterocycles. The van der Waals surface area contributed by atoms with Crippen molar-refractivity contribution in [3.63, 3.8) is 0 Å². The first-order valence-corrected chi connectivity index (χ1v) is 7.97. The molecule has 0 radical (unpaired) electrons. The highest BCUT2D eigenvalue weighted by Gasteiger charge is 2.32. The minimum absolute atomic E-state index is 0.520. The Morgan fingerprint density at radius 3 is 1.89 bits per heavy atom. The zero-order valence-electron chi connectivity index (χ0n) is 12.9. The molecule has 0 unspecified atom stereocenters. The number of rotatable bonds is 2. The van der Waals surface area contributed by atoms with Crippen molar-refractivity contribution >= 4 is 0 Å². The van der Waals surface area contributed by atoms with Gasteiger partial charge in [0.1, 0.15) is 0 Å². The van der Waals surface area contributed by atoms with E-state index in [2.05, 4.69) is 37.5 Å². The van der Waals surface area contributed by atoms with E-state index in [9.17, 15) is 0 Å². The van der Waals surface area contributed by atoms with Crippen molar-refractivity contribution < 1.29 is 0 Å². The molecule has 0 aromatic heterocycles. The average molecular weight is 252 g/mol. The fourth-order valence-corrected chi connectivity index (χ4v) is 3.75. The largest absolute Gasteiger partial charge is 0.301 e. The quantitative estimate of drug-likeness (QED) is 0.744. The summed E-state index contributed by atoms with van der Waals surface area (Å²) in [5.74, 6) is 0.950. The Morgan fingerprint density at radius 2 is 1.44 bits per heavy atom. The topological polar surface area (TPSA) is 6.48 Å². The van der Waals surface area contributed by atoms with Gasteiger partial charge >= 0.3 is 0 Å². The lowest BCUT2D eigenvalue weighted by Gasteiger charge is -2.44. The molecule has 0 atom stereocenters. The predicted molar refractivity (Wildman–Crippen MR) is 78.9 cm³/mol. The van der Waals surface area contributed by atoms with Crippen molar-refractivity contribution in [2.45, 2.75) is 59.4 Å². The SMILES string of the molecule is CCN1CCN(C2CCC(C(C)(C)C)CC2)CC1. The van der Waals surface area contributed by atoms with Crippen molar-refractivity contribution in [2.75, 3.05) is 32.7 Å². The van der Waals surface area contributed by atoms with Gasteiger partial charge in [-0.2, -0.15) is 0 Å². The van der Waals surface area contributed by atoms with Gasteiger partial charge in [0.15, 0.2) is 0 Å². The van der Waals surface area contributed by atoms with E-state index in [4.69, 9.17) is 0 Å². The lowest BCUT2D eigenvalue weighted by Crippen LogP contribution is -2.51. The second-order valence-corrected chi connectivity index (χ2v) is 7.34. The Labute approximate surface area is 114 Å². The van der Waals surface area contributed by atoms with Gasteiger partial charge in [-0.1, -0.05) is 27.7 Å². The van der Waals surface area contributed by atoms with Gasteiger partial charge in [0.05, 0.1) is 0 Å². The molecule has 0 N–H and O–H groups in total. The minimum atomic E-state index is 0.520. The van der Waals surface area contributed by atoms with Gasteiger partial charge in [-0.15, -0.1) is 0 Å². The third-order valence-corrected chi connectivity index (χ3v) is 5.29. The van der Waals surface area contributed by atoms with Crippen molar-refractivity contribution in [2.24, 2.45) is 11.3 Å². The maximum absolute atomic E-state index is 2.77. The summed E-state index contributed by atoms with van der Waals surface area (Å²) in [6.45, 7) is 15.9. The third-order valence-electron chi connectivity index (χ3n) is 5.29. The van der Waals surface area contributed by atoms with Crippen LogP contribution in [-0.4, -0.2) is 48.6 Å². The molecule has 2 aliphatic rings. The van der Waals surface area contributed by atoms with Crippen molar-refractivity contribution in [1.29, 1.82) is 0 Å². The third kappa shape index (κ3) is 3.48. The van der Waals surface area contributed by atoms with E-state index in [1.165, 1.54) is 58.4 Å². The molecule has 1 aliphatic heterocycles. The minimum Gasteiger partial charge on any atom is -0.301 e. The fraction of sp³-hybridized carbons (Fsp3) is 1.00. The van der Waals surface area contributed by atoms with Gasteiger partial charge in [0, 0.05) is 32.2 Å². The molecule has 0 aromatic carbocycles. The van der Waals surface area contributed by atoms with Crippen LogP contribution in [0.4, 0.5) is 0 Å². The predicted octanol–water partition coefficient (Wildman–Crippen LogP) is 3.23. The van der Waals surface area contributed by atoms with Crippen LogP contribution in [0.1, 0.15) is 53.4 Å². The molecule has 1 saturated carbocycles. The van der Waals surface area contributed by atoms with Crippen molar-refractivity contribution in [1.82, 2.24) is 9.80 Å². The van der Waals surface area contributed by atoms with Gasteiger partial charge in [0.2, 0.25) is 0 Å². The maximum atomic E-state index is 2.77. The Kier molecular flexibility index (Phi) is 4.71. The molecule has 2 fully saturated rings. The van der Waals surface area contributed by atoms with Crippen LogP contribution in [-0.2, 0) is 0 Å². The van der Waals surface area contributed by atoms with E-state index in [-0.39, 0.29) is 0 Å². The van der Waals surface area contributed by atoms with Gasteiger partial charge in [-0.05, 0) is 43.6 Å². The molecule has 0 aromatic rings. The molecule has 1 heterocycles. The normalized spacial score (nSPS) is 32.7. The Bertz CT molecular complexity index is 240. The van der Waals surface area contributed by atoms with Gasteiger partial charge < -0.3 is 4.90 Å².